The minimum Gasteiger partial charge on any atom is -0.192 e. The molecule has 0 aliphatic rings. The second-order valence-corrected chi connectivity index (χ2v) is 4.46. The zero-order chi connectivity index (χ0) is 14.0. The molecular formula is C17H27N. The maximum atomic E-state index is 8.94. The fourth-order valence-corrected chi connectivity index (χ4v) is 2.30. The van der Waals surface area contributed by atoms with Crippen LogP contribution in [0.5, 0.6) is 0 Å². The summed E-state index contributed by atoms with van der Waals surface area (Å²) < 4.78 is 0. The lowest BCUT2D eigenvalue weighted by molar-refractivity contribution is 0.558. The molecule has 0 saturated heterocycles. The standard InChI is InChI=1S/C15H21N.C2H6/c1-4-6-14(7-5-2)15-10-13(11-16)9-8-12(15)3;1-2/h8-10,14H,4-7H2,1-3H3;1-2H3. The molecule has 1 aromatic carbocycles. The van der Waals surface area contributed by atoms with Crippen LogP contribution in [0.1, 0.15) is 76.0 Å². The van der Waals surface area contributed by atoms with E-state index in [1.807, 2.05) is 19.9 Å². The van der Waals surface area contributed by atoms with E-state index in [-0.39, 0.29) is 0 Å². The lowest BCUT2D eigenvalue weighted by atomic mass is 9.87. The molecular weight excluding hydrogens is 218 g/mol. The Labute approximate surface area is 113 Å². The summed E-state index contributed by atoms with van der Waals surface area (Å²) >= 11 is 0. The molecule has 1 rings (SSSR count). The fraction of sp³-hybridized carbons (Fsp3) is 0.588. The average Bonchev–Trinajstić information content (AvgIpc) is 2.41. The summed E-state index contributed by atoms with van der Waals surface area (Å²) in [6, 6.07) is 8.29. The van der Waals surface area contributed by atoms with Crippen molar-refractivity contribution in [1.82, 2.24) is 0 Å². The third-order valence-electron chi connectivity index (χ3n) is 3.12. The van der Waals surface area contributed by atoms with Crippen LogP contribution in [0, 0.1) is 18.3 Å². The van der Waals surface area contributed by atoms with E-state index in [0.29, 0.717) is 5.92 Å². The number of nitrogens with zero attached hydrogens (tertiary/aromatic N) is 1. The summed E-state index contributed by atoms with van der Waals surface area (Å²) in [6.07, 6.45) is 4.87. The van der Waals surface area contributed by atoms with Crippen molar-refractivity contribution in [3.8, 4) is 6.07 Å². The van der Waals surface area contributed by atoms with Crippen molar-refractivity contribution in [1.29, 1.82) is 5.26 Å². The van der Waals surface area contributed by atoms with Crippen LogP contribution in [0.4, 0.5) is 0 Å². The molecule has 18 heavy (non-hydrogen) atoms. The fourth-order valence-electron chi connectivity index (χ4n) is 2.30. The molecule has 0 amide bonds. The molecule has 0 aliphatic heterocycles. The summed E-state index contributed by atoms with van der Waals surface area (Å²) in [7, 11) is 0. The smallest absolute Gasteiger partial charge is 0.0991 e. The lowest BCUT2D eigenvalue weighted by Crippen LogP contribution is -2.01. The summed E-state index contributed by atoms with van der Waals surface area (Å²) in [5.41, 5.74) is 3.49. The van der Waals surface area contributed by atoms with E-state index < -0.39 is 0 Å². The van der Waals surface area contributed by atoms with E-state index in [0.717, 1.165) is 5.56 Å². The topological polar surface area (TPSA) is 23.8 Å². The molecule has 0 radical (unpaired) electrons. The second kappa shape index (κ2) is 9.71. The van der Waals surface area contributed by atoms with Gasteiger partial charge in [0.25, 0.3) is 0 Å². The summed E-state index contributed by atoms with van der Waals surface area (Å²) in [4.78, 5) is 0. The Morgan fingerprint density at radius 1 is 1.11 bits per heavy atom. The molecule has 0 saturated carbocycles. The van der Waals surface area contributed by atoms with Crippen LogP contribution in [0.25, 0.3) is 0 Å². The minimum absolute atomic E-state index is 0.628. The van der Waals surface area contributed by atoms with Gasteiger partial charge in [0.15, 0.2) is 0 Å². The number of aryl methyl sites for hydroxylation is 1. The van der Waals surface area contributed by atoms with Gasteiger partial charge in [0.2, 0.25) is 0 Å². The highest BCUT2D eigenvalue weighted by molar-refractivity contribution is 5.39. The first kappa shape index (κ1) is 16.7. The second-order valence-electron chi connectivity index (χ2n) is 4.46. The third-order valence-corrected chi connectivity index (χ3v) is 3.12. The van der Waals surface area contributed by atoms with Crippen LogP contribution < -0.4 is 0 Å². The predicted octanol–water partition coefficient (Wildman–Crippen LogP) is 5.58. The first-order valence-electron chi connectivity index (χ1n) is 7.23. The Morgan fingerprint density at radius 3 is 2.11 bits per heavy atom. The monoisotopic (exact) mass is 245 g/mol. The maximum Gasteiger partial charge on any atom is 0.0991 e. The van der Waals surface area contributed by atoms with Crippen molar-refractivity contribution in [2.75, 3.05) is 0 Å². The quantitative estimate of drug-likeness (QED) is 0.664. The Morgan fingerprint density at radius 2 is 1.67 bits per heavy atom. The molecule has 0 N–H and O–H groups in total. The molecule has 0 unspecified atom stereocenters. The molecule has 100 valence electrons. The van der Waals surface area contributed by atoms with Gasteiger partial charge in [-0.3, -0.25) is 0 Å². The van der Waals surface area contributed by atoms with Crippen LogP contribution >= 0.6 is 0 Å². The highest BCUT2D eigenvalue weighted by atomic mass is 14.2. The Kier molecular flexibility index (Phi) is 9.01. The molecule has 0 aliphatic carbocycles. The Bertz CT molecular complexity index is 368. The lowest BCUT2D eigenvalue weighted by Gasteiger charge is -2.18. The molecule has 0 spiro atoms. The summed E-state index contributed by atoms with van der Waals surface area (Å²) in [5, 5.41) is 8.94. The largest absolute Gasteiger partial charge is 0.192 e. The van der Waals surface area contributed by atoms with Crippen LogP contribution in [0.15, 0.2) is 18.2 Å². The first-order valence-corrected chi connectivity index (χ1v) is 7.23. The van der Waals surface area contributed by atoms with E-state index in [4.69, 9.17) is 5.26 Å². The SMILES string of the molecule is CC.CCCC(CCC)c1cc(C#N)ccc1C. The first-order chi connectivity index (χ1) is 8.72. The number of nitriles is 1. The van der Waals surface area contributed by atoms with E-state index >= 15 is 0 Å². The van der Waals surface area contributed by atoms with Gasteiger partial charge in [-0.2, -0.15) is 5.26 Å². The third kappa shape index (κ3) is 4.92. The molecule has 1 heteroatoms. The predicted molar refractivity (Wildman–Crippen MR) is 79.8 cm³/mol. The number of hydrogen-bond donors (Lipinski definition) is 0. The summed E-state index contributed by atoms with van der Waals surface area (Å²) in [5.74, 6) is 0.628. The van der Waals surface area contributed by atoms with E-state index in [1.54, 1.807) is 0 Å². The zero-order valence-corrected chi connectivity index (χ0v) is 12.6. The number of rotatable bonds is 5. The van der Waals surface area contributed by atoms with Crippen molar-refractivity contribution in [2.24, 2.45) is 0 Å². The van der Waals surface area contributed by atoms with Crippen LogP contribution in [-0.2, 0) is 0 Å². The number of hydrogen-bond acceptors (Lipinski definition) is 1. The van der Waals surface area contributed by atoms with Gasteiger partial charge in [-0.15, -0.1) is 0 Å². The molecule has 1 aromatic rings. The maximum absolute atomic E-state index is 8.94. The Hall–Kier alpha value is -1.29. The molecule has 0 fully saturated rings. The number of benzene rings is 1. The van der Waals surface area contributed by atoms with Crippen molar-refractivity contribution in [3.05, 3.63) is 34.9 Å². The van der Waals surface area contributed by atoms with E-state index in [2.05, 4.69) is 39.0 Å². The highest BCUT2D eigenvalue weighted by Gasteiger charge is 2.12. The van der Waals surface area contributed by atoms with Gasteiger partial charge in [0, 0.05) is 0 Å². The van der Waals surface area contributed by atoms with Gasteiger partial charge in [-0.05, 0) is 48.9 Å². The van der Waals surface area contributed by atoms with Crippen LogP contribution in [0.3, 0.4) is 0 Å². The highest BCUT2D eigenvalue weighted by Crippen LogP contribution is 2.29. The molecule has 0 aromatic heterocycles. The minimum atomic E-state index is 0.628. The van der Waals surface area contributed by atoms with Crippen molar-refractivity contribution in [2.45, 2.75) is 66.2 Å². The normalized spacial score (nSPS) is 9.61. The van der Waals surface area contributed by atoms with Crippen LogP contribution in [-0.4, -0.2) is 0 Å². The molecule has 1 nitrogen and oxygen atoms in total. The van der Waals surface area contributed by atoms with Crippen molar-refractivity contribution < 1.29 is 0 Å². The zero-order valence-electron chi connectivity index (χ0n) is 12.6. The van der Waals surface area contributed by atoms with E-state index in [1.165, 1.54) is 36.8 Å². The van der Waals surface area contributed by atoms with Gasteiger partial charge in [-0.1, -0.05) is 46.6 Å². The molecule has 0 heterocycles. The average molecular weight is 245 g/mol. The van der Waals surface area contributed by atoms with Gasteiger partial charge in [0.1, 0.15) is 0 Å². The molecule has 0 bridgehead atoms. The van der Waals surface area contributed by atoms with Crippen LogP contribution in [0.2, 0.25) is 0 Å². The van der Waals surface area contributed by atoms with Crippen molar-refractivity contribution in [3.63, 3.8) is 0 Å². The Balaban J connectivity index is 0.00000137. The summed E-state index contributed by atoms with van der Waals surface area (Å²) in [6.45, 7) is 10.6. The molecule has 0 atom stereocenters. The van der Waals surface area contributed by atoms with Gasteiger partial charge >= 0.3 is 0 Å². The van der Waals surface area contributed by atoms with Crippen molar-refractivity contribution >= 4 is 0 Å². The van der Waals surface area contributed by atoms with Gasteiger partial charge in [0.05, 0.1) is 11.6 Å². The van der Waals surface area contributed by atoms with E-state index in [9.17, 15) is 0 Å². The van der Waals surface area contributed by atoms with Gasteiger partial charge in [-0.25, -0.2) is 0 Å². The van der Waals surface area contributed by atoms with Gasteiger partial charge < -0.3 is 0 Å².